The third kappa shape index (κ3) is 3.64. The zero-order valence-corrected chi connectivity index (χ0v) is 15.6. The van der Waals surface area contributed by atoms with Crippen LogP contribution in [-0.2, 0) is 17.8 Å². The fraction of sp³-hybridized carbons (Fsp3) is 0.182. The van der Waals surface area contributed by atoms with Crippen LogP contribution < -0.4 is 5.32 Å². The predicted molar refractivity (Wildman–Crippen MR) is 107 cm³/mol. The summed E-state index contributed by atoms with van der Waals surface area (Å²) in [5, 5.41) is 5.02. The fourth-order valence-corrected chi connectivity index (χ4v) is 4.15. The van der Waals surface area contributed by atoms with E-state index in [2.05, 4.69) is 11.4 Å². The third-order valence-corrected chi connectivity index (χ3v) is 5.73. The largest absolute Gasteiger partial charge is 0.350 e. The summed E-state index contributed by atoms with van der Waals surface area (Å²) in [5.74, 6) is -0.203. The predicted octanol–water partition coefficient (Wildman–Crippen LogP) is 3.80. The summed E-state index contributed by atoms with van der Waals surface area (Å²) in [6.45, 7) is 0.975. The number of nitrogens with zero attached hydrogens (tertiary/aromatic N) is 1. The van der Waals surface area contributed by atoms with E-state index in [1.807, 2.05) is 60.0 Å². The molecule has 1 aliphatic heterocycles. The molecule has 1 unspecified atom stereocenters. The number of rotatable bonds is 6. The van der Waals surface area contributed by atoms with Crippen molar-refractivity contribution in [3.8, 4) is 0 Å². The summed E-state index contributed by atoms with van der Waals surface area (Å²) in [6.07, 6.45) is 0.750. The monoisotopic (exact) mass is 376 g/mol. The van der Waals surface area contributed by atoms with Crippen LogP contribution in [0.1, 0.15) is 32.4 Å². The topological polar surface area (TPSA) is 49.4 Å². The van der Waals surface area contributed by atoms with Crippen molar-refractivity contribution in [2.24, 2.45) is 0 Å². The normalized spacial score (nSPS) is 15.6. The van der Waals surface area contributed by atoms with Crippen LogP contribution in [0, 0.1) is 0 Å². The van der Waals surface area contributed by atoms with Crippen molar-refractivity contribution in [1.82, 2.24) is 10.2 Å². The first kappa shape index (κ1) is 17.5. The Bertz CT molecular complexity index is 938. The molecule has 5 heteroatoms. The van der Waals surface area contributed by atoms with Gasteiger partial charge in [-0.3, -0.25) is 9.59 Å². The molecule has 136 valence electrons. The molecule has 4 nitrogen and oxygen atoms in total. The van der Waals surface area contributed by atoms with E-state index in [0.29, 0.717) is 18.7 Å². The van der Waals surface area contributed by atoms with Crippen molar-refractivity contribution in [2.75, 3.05) is 6.54 Å². The van der Waals surface area contributed by atoms with Crippen LogP contribution in [-0.4, -0.2) is 23.3 Å². The molecule has 1 aliphatic rings. The highest BCUT2D eigenvalue weighted by Gasteiger charge is 2.40. The van der Waals surface area contributed by atoms with Crippen LogP contribution in [0.2, 0.25) is 0 Å². The van der Waals surface area contributed by atoms with Crippen molar-refractivity contribution in [3.05, 3.63) is 93.7 Å². The molecule has 1 aromatic heterocycles. The van der Waals surface area contributed by atoms with Crippen molar-refractivity contribution in [2.45, 2.75) is 19.0 Å². The second-order valence-electron chi connectivity index (χ2n) is 6.52. The van der Waals surface area contributed by atoms with Gasteiger partial charge in [0.2, 0.25) is 5.91 Å². The van der Waals surface area contributed by atoms with Crippen LogP contribution in [0.25, 0.3) is 0 Å². The summed E-state index contributed by atoms with van der Waals surface area (Å²) in [7, 11) is 0. The van der Waals surface area contributed by atoms with Gasteiger partial charge in [0.1, 0.15) is 6.04 Å². The lowest BCUT2D eigenvalue weighted by Gasteiger charge is -2.24. The first-order valence-electron chi connectivity index (χ1n) is 8.98. The Hall–Kier alpha value is -2.92. The van der Waals surface area contributed by atoms with E-state index in [1.165, 1.54) is 4.88 Å². The molecule has 2 heterocycles. The minimum atomic E-state index is -0.572. The number of fused-ring (bicyclic) bond motifs is 1. The third-order valence-electron chi connectivity index (χ3n) is 4.80. The molecule has 4 rings (SSSR count). The van der Waals surface area contributed by atoms with Gasteiger partial charge in [-0.2, -0.15) is 0 Å². The van der Waals surface area contributed by atoms with Gasteiger partial charge in [0, 0.05) is 23.5 Å². The number of hydrogen-bond donors (Lipinski definition) is 1. The molecule has 2 aromatic carbocycles. The average molecular weight is 376 g/mol. The van der Waals surface area contributed by atoms with E-state index in [9.17, 15) is 9.59 Å². The fourth-order valence-electron chi connectivity index (χ4n) is 3.45. The second-order valence-corrected chi connectivity index (χ2v) is 7.55. The lowest BCUT2D eigenvalue weighted by Crippen LogP contribution is -2.39. The highest BCUT2D eigenvalue weighted by atomic mass is 32.1. The van der Waals surface area contributed by atoms with Crippen molar-refractivity contribution in [1.29, 1.82) is 0 Å². The Labute approximate surface area is 162 Å². The lowest BCUT2D eigenvalue weighted by molar-refractivity contribution is -0.125. The van der Waals surface area contributed by atoms with E-state index in [0.717, 1.165) is 17.5 Å². The number of thiophene rings is 1. The van der Waals surface area contributed by atoms with Gasteiger partial charge in [-0.25, -0.2) is 0 Å². The number of nitrogens with one attached hydrogen (secondary N) is 1. The standard InChI is InChI=1S/C22H20N2O2S/c25-21(23-15-16-7-2-1-3-8-16)20-18-10-4-5-11-19(18)22(26)24(20)13-12-17-9-6-14-27-17/h1-11,14,20H,12-13,15H2,(H,23,25). The van der Waals surface area contributed by atoms with Crippen LogP contribution in [0.5, 0.6) is 0 Å². The van der Waals surface area contributed by atoms with E-state index < -0.39 is 6.04 Å². The number of benzene rings is 2. The molecular weight excluding hydrogens is 356 g/mol. The number of carbonyl (C=O) groups excluding carboxylic acids is 2. The van der Waals surface area contributed by atoms with Gasteiger partial charge in [0.25, 0.3) is 5.91 Å². The molecule has 0 fully saturated rings. The Kier molecular flexibility index (Phi) is 5.03. The molecule has 0 aliphatic carbocycles. The van der Waals surface area contributed by atoms with Crippen molar-refractivity contribution in [3.63, 3.8) is 0 Å². The summed E-state index contributed by atoms with van der Waals surface area (Å²) in [4.78, 5) is 28.8. The smallest absolute Gasteiger partial charge is 0.255 e. The Morgan fingerprint density at radius 1 is 1.00 bits per heavy atom. The molecule has 3 aromatic rings. The minimum absolute atomic E-state index is 0.0676. The zero-order valence-electron chi connectivity index (χ0n) is 14.8. The van der Waals surface area contributed by atoms with Gasteiger partial charge in [-0.05, 0) is 35.1 Å². The Morgan fingerprint density at radius 2 is 1.78 bits per heavy atom. The van der Waals surface area contributed by atoms with Gasteiger partial charge in [0.15, 0.2) is 0 Å². The van der Waals surface area contributed by atoms with Gasteiger partial charge in [0.05, 0.1) is 0 Å². The maximum atomic E-state index is 13.0. The van der Waals surface area contributed by atoms with Crippen LogP contribution in [0.3, 0.4) is 0 Å². The van der Waals surface area contributed by atoms with E-state index in [4.69, 9.17) is 0 Å². The molecule has 0 spiro atoms. The first-order valence-corrected chi connectivity index (χ1v) is 9.86. The highest BCUT2D eigenvalue weighted by molar-refractivity contribution is 7.09. The maximum Gasteiger partial charge on any atom is 0.255 e. The Balaban J connectivity index is 1.54. The Morgan fingerprint density at radius 3 is 2.56 bits per heavy atom. The molecule has 27 heavy (non-hydrogen) atoms. The molecule has 2 amide bonds. The van der Waals surface area contributed by atoms with Gasteiger partial charge in [-0.1, -0.05) is 54.6 Å². The quantitative estimate of drug-likeness (QED) is 0.711. The summed E-state index contributed by atoms with van der Waals surface area (Å²) >= 11 is 1.67. The van der Waals surface area contributed by atoms with Crippen molar-refractivity contribution < 1.29 is 9.59 Å². The lowest BCUT2D eigenvalue weighted by atomic mass is 10.0. The van der Waals surface area contributed by atoms with Gasteiger partial charge >= 0.3 is 0 Å². The molecule has 0 saturated carbocycles. The SMILES string of the molecule is O=C(NCc1ccccc1)C1c2ccccc2C(=O)N1CCc1cccs1. The summed E-state index contributed by atoms with van der Waals surface area (Å²) in [5.41, 5.74) is 2.45. The van der Waals surface area contributed by atoms with Crippen LogP contribution in [0.4, 0.5) is 0 Å². The number of amides is 2. The molecule has 0 radical (unpaired) electrons. The molecule has 1 N–H and O–H groups in total. The average Bonchev–Trinajstić information content (AvgIpc) is 3.32. The second kappa shape index (κ2) is 7.76. The van der Waals surface area contributed by atoms with E-state index in [1.54, 1.807) is 22.3 Å². The minimum Gasteiger partial charge on any atom is -0.350 e. The zero-order chi connectivity index (χ0) is 18.6. The number of carbonyl (C=O) groups is 2. The van der Waals surface area contributed by atoms with Gasteiger partial charge in [-0.15, -0.1) is 11.3 Å². The van der Waals surface area contributed by atoms with Crippen LogP contribution in [0.15, 0.2) is 72.1 Å². The first-order chi connectivity index (χ1) is 13.2. The van der Waals surface area contributed by atoms with E-state index >= 15 is 0 Å². The van der Waals surface area contributed by atoms with E-state index in [-0.39, 0.29) is 11.8 Å². The molecular formula is C22H20N2O2S. The maximum absolute atomic E-state index is 13.0. The molecule has 0 saturated heterocycles. The molecule has 0 bridgehead atoms. The summed E-state index contributed by atoms with van der Waals surface area (Å²) < 4.78 is 0. The number of hydrogen-bond acceptors (Lipinski definition) is 3. The molecule has 1 atom stereocenters. The van der Waals surface area contributed by atoms with Crippen LogP contribution >= 0.6 is 11.3 Å². The summed E-state index contributed by atoms with van der Waals surface area (Å²) in [6, 6.07) is 20.7. The van der Waals surface area contributed by atoms with Gasteiger partial charge < -0.3 is 10.2 Å². The highest BCUT2D eigenvalue weighted by Crippen LogP contribution is 2.34. The van der Waals surface area contributed by atoms with Crippen molar-refractivity contribution >= 4 is 23.2 Å².